The molecule has 2 aliphatic carbocycles. The fourth-order valence-electron chi connectivity index (χ4n) is 8.48. The Labute approximate surface area is 328 Å². The zero-order valence-electron chi connectivity index (χ0n) is 30.3. The summed E-state index contributed by atoms with van der Waals surface area (Å²) in [6.07, 6.45) is 3.36. The van der Waals surface area contributed by atoms with Gasteiger partial charge in [-0.05, 0) is 58.0 Å². The maximum atomic E-state index is 5.28. The Hall–Kier alpha value is -5.95. The molecule has 0 amide bonds. The highest BCUT2D eigenvalue weighted by Gasteiger charge is 2.44. The number of aliphatic imine (C=N–C) groups is 1. The van der Waals surface area contributed by atoms with Gasteiger partial charge in [-0.25, -0.2) is 15.0 Å². The van der Waals surface area contributed by atoms with Crippen LogP contribution in [0.5, 0.6) is 0 Å². The number of thioether (sulfide) groups is 1. The second-order valence-electron chi connectivity index (χ2n) is 14.9. The van der Waals surface area contributed by atoms with E-state index in [-0.39, 0.29) is 11.5 Å². The molecule has 0 bridgehead atoms. The molecule has 55 heavy (non-hydrogen) atoms. The Morgan fingerprint density at radius 3 is 2.00 bits per heavy atom. The topological polar surface area (TPSA) is 51.0 Å². The van der Waals surface area contributed by atoms with Gasteiger partial charge in [0.25, 0.3) is 0 Å². The standard InChI is InChI=1S/C49H34N4S2/c1-49(2)38-26-27-40-44(55-48(50-40)32-14-7-4-8-15-32)42(38)36-25-24-33(28-39(36)49)46-51-45(31-22-20-30(21-23-31)29-12-5-3-6-13-29)52-47(53-46)37-18-11-17-35-34-16-9-10-19-41(34)54-43(35)37/h3-26,28,40H,27H2,1-2H3. The van der Waals surface area contributed by atoms with E-state index >= 15 is 0 Å². The van der Waals surface area contributed by atoms with Gasteiger partial charge in [0.1, 0.15) is 5.04 Å². The minimum absolute atomic E-state index is 0.166. The van der Waals surface area contributed by atoms with Gasteiger partial charge in [0.05, 0.1) is 6.04 Å². The minimum atomic E-state index is -0.177. The lowest BCUT2D eigenvalue weighted by atomic mass is 9.79. The third kappa shape index (κ3) is 5.27. The van der Waals surface area contributed by atoms with Crippen molar-refractivity contribution in [2.24, 2.45) is 4.99 Å². The van der Waals surface area contributed by atoms with E-state index in [9.17, 15) is 0 Å². The smallest absolute Gasteiger partial charge is 0.165 e. The van der Waals surface area contributed by atoms with Crippen LogP contribution in [0, 0.1) is 0 Å². The highest BCUT2D eigenvalue weighted by atomic mass is 32.2. The molecule has 8 aromatic rings. The third-order valence-corrected chi connectivity index (χ3v) is 13.7. The summed E-state index contributed by atoms with van der Waals surface area (Å²) in [6.45, 7) is 4.71. The second-order valence-corrected chi connectivity index (χ2v) is 17.0. The van der Waals surface area contributed by atoms with Gasteiger partial charge in [-0.3, -0.25) is 4.99 Å². The van der Waals surface area contributed by atoms with Crippen molar-refractivity contribution in [2.45, 2.75) is 31.7 Å². The summed E-state index contributed by atoms with van der Waals surface area (Å²) in [5.74, 6) is 2.02. The fourth-order valence-corrected chi connectivity index (χ4v) is 10.9. The quantitative estimate of drug-likeness (QED) is 0.176. The number of nitrogens with zero attached hydrogens (tertiary/aromatic N) is 4. The van der Waals surface area contributed by atoms with Gasteiger partial charge >= 0.3 is 0 Å². The number of thiophene rings is 1. The van der Waals surface area contributed by atoms with Crippen LogP contribution in [0.4, 0.5) is 0 Å². The molecule has 6 heteroatoms. The number of aromatic nitrogens is 3. The van der Waals surface area contributed by atoms with Crippen molar-refractivity contribution >= 4 is 53.9 Å². The SMILES string of the molecule is CC1(C)C2=CCC3N=C(c4ccccc4)SC3=C2c2ccc(-c3nc(-c4ccc(-c5ccccc5)cc4)nc(-c4cccc5c4sc4ccccc45)n3)cc21. The molecule has 0 saturated heterocycles. The fraction of sp³-hybridized carbons (Fsp3) is 0.102. The Balaban J connectivity index is 1.06. The van der Waals surface area contributed by atoms with Crippen LogP contribution in [0.2, 0.25) is 0 Å². The summed E-state index contributed by atoms with van der Waals surface area (Å²) >= 11 is 3.64. The van der Waals surface area contributed by atoms with E-state index in [1.807, 2.05) is 17.8 Å². The first-order valence-electron chi connectivity index (χ1n) is 18.7. The average Bonchev–Trinajstić information content (AvgIpc) is 3.92. The molecule has 0 saturated carbocycles. The van der Waals surface area contributed by atoms with Crippen molar-refractivity contribution in [3.63, 3.8) is 0 Å². The largest absolute Gasteiger partial charge is 0.268 e. The lowest BCUT2D eigenvalue weighted by molar-refractivity contribution is 0.650. The molecule has 4 nitrogen and oxygen atoms in total. The molecule has 2 aromatic heterocycles. The van der Waals surface area contributed by atoms with Crippen LogP contribution in [0.1, 0.15) is 37.0 Å². The molecule has 6 aromatic carbocycles. The van der Waals surface area contributed by atoms with E-state index < -0.39 is 0 Å². The summed E-state index contributed by atoms with van der Waals surface area (Å²) < 4.78 is 2.44. The molecule has 3 heterocycles. The number of allylic oxidation sites excluding steroid dienone is 2. The van der Waals surface area contributed by atoms with Gasteiger partial charge in [0.2, 0.25) is 0 Å². The van der Waals surface area contributed by atoms with Gasteiger partial charge in [0, 0.05) is 52.7 Å². The first-order valence-corrected chi connectivity index (χ1v) is 20.4. The molecule has 1 unspecified atom stereocenters. The molecule has 0 radical (unpaired) electrons. The van der Waals surface area contributed by atoms with Crippen molar-refractivity contribution in [1.29, 1.82) is 0 Å². The molecular formula is C49H34N4S2. The molecule has 262 valence electrons. The van der Waals surface area contributed by atoms with Crippen LogP contribution in [-0.4, -0.2) is 26.0 Å². The van der Waals surface area contributed by atoms with E-state index in [4.69, 9.17) is 19.9 Å². The van der Waals surface area contributed by atoms with E-state index in [1.165, 1.54) is 58.5 Å². The van der Waals surface area contributed by atoms with Crippen LogP contribution >= 0.6 is 23.1 Å². The average molecular weight is 743 g/mol. The van der Waals surface area contributed by atoms with Crippen LogP contribution in [0.25, 0.3) is 71.0 Å². The highest BCUT2D eigenvalue weighted by molar-refractivity contribution is 8.18. The van der Waals surface area contributed by atoms with Crippen LogP contribution < -0.4 is 0 Å². The third-order valence-electron chi connectivity index (χ3n) is 11.3. The molecule has 0 spiro atoms. The molecule has 1 atom stereocenters. The number of rotatable bonds is 5. The van der Waals surface area contributed by atoms with E-state index in [1.54, 1.807) is 11.3 Å². The highest BCUT2D eigenvalue weighted by Crippen LogP contribution is 2.57. The monoisotopic (exact) mass is 742 g/mol. The number of hydrogen-bond acceptors (Lipinski definition) is 6. The first-order chi connectivity index (χ1) is 27.0. The summed E-state index contributed by atoms with van der Waals surface area (Å²) in [5, 5.41) is 3.59. The summed E-state index contributed by atoms with van der Waals surface area (Å²) in [5.41, 5.74) is 11.7. The zero-order valence-corrected chi connectivity index (χ0v) is 32.0. The number of fused-ring (bicyclic) bond motifs is 7. The predicted molar refractivity (Wildman–Crippen MR) is 231 cm³/mol. The van der Waals surface area contributed by atoms with Crippen LogP contribution in [0.15, 0.2) is 167 Å². The summed E-state index contributed by atoms with van der Waals surface area (Å²) in [7, 11) is 0. The molecule has 0 N–H and O–H groups in total. The van der Waals surface area contributed by atoms with Crippen molar-refractivity contribution in [2.75, 3.05) is 0 Å². The lowest BCUT2D eigenvalue weighted by Gasteiger charge is -2.26. The Morgan fingerprint density at radius 1 is 0.564 bits per heavy atom. The normalized spacial score (nSPS) is 16.9. The van der Waals surface area contributed by atoms with Crippen molar-refractivity contribution in [3.05, 3.63) is 179 Å². The van der Waals surface area contributed by atoms with Crippen molar-refractivity contribution in [1.82, 2.24) is 15.0 Å². The van der Waals surface area contributed by atoms with E-state index in [0.717, 1.165) is 33.7 Å². The van der Waals surface area contributed by atoms with E-state index in [2.05, 4.69) is 159 Å². The minimum Gasteiger partial charge on any atom is -0.268 e. The molecule has 0 fully saturated rings. The summed E-state index contributed by atoms with van der Waals surface area (Å²) in [4.78, 5) is 22.3. The van der Waals surface area contributed by atoms with Gasteiger partial charge in [-0.15, -0.1) is 11.3 Å². The molecule has 11 rings (SSSR count). The van der Waals surface area contributed by atoms with Crippen molar-refractivity contribution < 1.29 is 0 Å². The summed E-state index contributed by atoms with van der Waals surface area (Å²) in [6, 6.07) is 51.7. The molecule has 1 aliphatic heterocycles. The van der Waals surface area contributed by atoms with Crippen molar-refractivity contribution in [3.8, 4) is 45.3 Å². The lowest BCUT2D eigenvalue weighted by Crippen LogP contribution is -2.18. The Morgan fingerprint density at radius 2 is 1.20 bits per heavy atom. The number of benzene rings is 6. The zero-order chi connectivity index (χ0) is 36.7. The van der Waals surface area contributed by atoms with Crippen LogP contribution in [-0.2, 0) is 5.41 Å². The Bertz CT molecular complexity index is 2940. The maximum Gasteiger partial charge on any atom is 0.165 e. The van der Waals surface area contributed by atoms with Gasteiger partial charge < -0.3 is 0 Å². The van der Waals surface area contributed by atoms with Gasteiger partial charge in [-0.2, -0.15) is 0 Å². The first kappa shape index (κ1) is 32.5. The second kappa shape index (κ2) is 12.6. The maximum absolute atomic E-state index is 5.28. The Kier molecular flexibility index (Phi) is 7.41. The molecular weight excluding hydrogens is 709 g/mol. The van der Waals surface area contributed by atoms with Crippen LogP contribution in [0.3, 0.4) is 0 Å². The van der Waals surface area contributed by atoms with E-state index in [0.29, 0.717) is 17.5 Å². The van der Waals surface area contributed by atoms with Gasteiger partial charge in [0.15, 0.2) is 17.5 Å². The predicted octanol–water partition coefficient (Wildman–Crippen LogP) is 12.8. The van der Waals surface area contributed by atoms with Gasteiger partial charge in [-0.1, -0.05) is 159 Å². The molecule has 3 aliphatic rings. The number of hydrogen-bond donors (Lipinski definition) is 0.